The number of aromatic nitrogens is 4. The van der Waals surface area contributed by atoms with Gasteiger partial charge in [-0.15, -0.1) is 0 Å². The van der Waals surface area contributed by atoms with Crippen LogP contribution < -0.4 is 9.47 Å². The number of nitrogens with one attached hydrogen (secondary N) is 2. The maximum atomic E-state index is 12.9. The Morgan fingerprint density at radius 2 is 1.15 bits per heavy atom. The summed E-state index contributed by atoms with van der Waals surface area (Å²) in [5.74, 6) is 0.860. The predicted molar refractivity (Wildman–Crippen MR) is 166 cm³/mol. The highest BCUT2D eigenvalue weighted by Gasteiger charge is 2.34. The zero-order valence-electron chi connectivity index (χ0n) is 24.8. The summed E-state index contributed by atoms with van der Waals surface area (Å²) in [6.07, 6.45) is -3.63. The molecule has 0 unspecified atom stereocenters. The minimum absolute atomic E-state index is 0.0156. The third-order valence-electron chi connectivity index (χ3n) is 7.39. The van der Waals surface area contributed by atoms with Gasteiger partial charge in [0.25, 0.3) is 0 Å². The monoisotopic (exact) mass is 626 g/mol. The van der Waals surface area contributed by atoms with Crippen molar-refractivity contribution in [1.29, 1.82) is 0 Å². The summed E-state index contributed by atoms with van der Waals surface area (Å²) in [4.78, 5) is 38.9. The van der Waals surface area contributed by atoms with Crippen LogP contribution in [0.5, 0.6) is 11.5 Å². The minimum atomic E-state index is -4.57. The fraction of sp³-hybridized carbons (Fsp3) is 0.200. The van der Waals surface area contributed by atoms with Crippen LogP contribution in [0.15, 0.2) is 84.9 Å². The molecule has 0 atom stereocenters. The van der Waals surface area contributed by atoms with E-state index >= 15 is 0 Å². The molecule has 234 valence electrons. The lowest BCUT2D eigenvalue weighted by atomic mass is 10.0. The minimum Gasteiger partial charge on any atom is -0.493 e. The van der Waals surface area contributed by atoms with Gasteiger partial charge in [0.2, 0.25) is 5.82 Å². The second-order valence-electron chi connectivity index (χ2n) is 10.9. The molecule has 0 bridgehead atoms. The van der Waals surface area contributed by atoms with E-state index in [0.29, 0.717) is 47.8 Å². The third kappa shape index (κ3) is 7.26. The first-order valence-corrected chi connectivity index (χ1v) is 14.6. The van der Waals surface area contributed by atoms with Crippen molar-refractivity contribution < 1.29 is 32.2 Å². The Morgan fingerprint density at radius 1 is 0.674 bits per heavy atom. The van der Waals surface area contributed by atoms with Gasteiger partial charge in [0, 0.05) is 30.4 Å². The van der Waals surface area contributed by atoms with Crippen molar-refractivity contribution in [2.24, 2.45) is 0 Å². The first-order valence-electron chi connectivity index (χ1n) is 14.6. The molecule has 6 aromatic rings. The van der Waals surface area contributed by atoms with E-state index in [2.05, 4.69) is 19.9 Å². The highest BCUT2D eigenvalue weighted by atomic mass is 19.4. The number of imidazole rings is 2. The molecular weight excluding hydrogens is 597 g/mol. The Morgan fingerprint density at radius 3 is 1.65 bits per heavy atom. The van der Waals surface area contributed by atoms with E-state index in [-0.39, 0.29) is 35.4 Å². The highest BCUT2D eigenvalue weighted by molar-refractivity contribution is 5.98. The summed E-state index contributed by atoms with van der Waals surface area (Å²) < 4.78 is 50.3. The number of aromatic amines is 2. The normalized spacial score (nSPS) is 11.7. The molecule has 11 heteroatoms. The van der Waals surface area contributed by atoms with Crippen LogP contribution in [0, 0.1) is 6.92 Å². The maximum absolute atomic E-state index is 12.9. The van der Waals surface area contributed by atoms with Crippen molar-refractivity contribution in [2.45, 2.75) is 32.4 Å². The van der Waals surface area contributed by atoms with E-state index in [4.69, 9.17) is 9.47 Å². The predicted octanol–water partition coefficient (Wildman–Crippen LogP) is 7.47. The van der Waals surface area contributed by atoms with Crippen LogP contribution in [-0.4, -0.2) is 44.7 Å². The number of Topliss-reactive ketones (excluding diaryl/α,β-unsaturated/α-hetero) is 2. The number of halogens is 3. The second kappa shape index (κ2) is 12.9. The van der Waals surface area contributed by atoms with Crippen molar-refractivity contribution in [3.63, 3.8) is 0 Å². The first kappa shape index (κ1) is 30.6. The van der Waals surface area contributed by atoms with Crippen LogP contribution in [0.2, 0.25) is 0 Å². The van der Waals surface area contributed by atoms with Gasteiger partial charge >= 0.3 is 6.18 Å². The first-order chi connectivity index (χ1) is 22.1. The molecular formula is C35H29F3N4O4. The number of rotatable bonds is 12. The number of hydrogen-bond donors (Lipinski definition) is 2. The number of nitrogens with zero attached hydrogens (tertiary/aromatic N) is 2. The Labute approximate surface area is 261 Å². The summed E-state index contributed by atoms with van der Waals surface area (Å²) in [6.45, 7) is 2.71. The number of carbonyl (C=O) groups excluding carboxylic acids is 2. The summed E-state index contributed by atoms with van der Waals surface area (Å²) >= 11 is 0. The zero-order chi connectivity index (χ0) is 32.3. The number of fused-ring (bicyclic) bond motifs is 2. The number of aryl methyl sites for hydroxylation is 1. The molecule has 6 rings (SSSR count). The van der Waals surface area contributed by atoms with Gasteiger partial charge in [-0.1, -0.05) is 12.1 Å². The lowest BCUT2D eigenvalue weighted by Crippen LogP contribution is -2.07. The molecule has 46 heavy (non-hydrogen) atoms. The summed E-state index contributed by atoms with van der Waals surface area (Å²) in [5.41, 5.74) is 4.77. The van der Waals surface area contributed by atoms with Crippen molar-refractivity contribution in [3.05, 3.63) is 119 Å². The molecule has 2 aromatic heterocycles. The van der Waals surface area contributed by atoms with E-state index in [9.17, 15) is 22.8 Å². The fourth-order valence-corrected chi connectivity index (χ4v) is 5.08. The van der Waals surface area contributed by atoms with E-state index in [1.165, 1.54) is 12.1 Å². The number of carbonyl (C=O) groups is 2. The van der Waals surface area contributed by atoms with Crippen LogP contribution in [0.1, 0.15) is 49.9 Å². The molecule has 0 amide bonds. The van der Waals surface area contributed by atoms with Gasteiger partial charge in [0.15, 0.2) is 11.6 Å². The Bertz CT molecular complexity index is 2010. The van der Waals surface area contributed by atoms with Gasteiger partial charge in [-0.2, -0.15) is 13.2 Å². The van der Waals surface area contributed by atoms with Gasteiger partial charge in [-0.05, 0) is 90.8 Å². The van der Waals surface area contributed by atoms with Gasteiger partial charge in [-0.3, -0.25) is 9.59 Å². The van der Waals surface area contributed by atoms with E-state index < -0.39 is 12.0 Å². The SMILES string of the molecule is Cc1nc2ccc(CC(=O)c3ccc(OCCCOc4ccc(C(=O)Cc5ccc6nc(C(F)(F)F)[nH]c6c5)cc4)cc3)cc2[nH]1. The Kier molecular flexibility index (Phi) is 8.56. The average molecular weight is 627 g/mol. The number of ether oxygens (including phenoxy) is 2. The van der Waals surface area contributed by atoms with Crippen LogP contribution in [0.4, 0.5) is 13.2 Å². The number of H-pyrrole nitrogens is 2. The molecule has 0 saturated heterocycles. The Hall–Kier alpha value is -5.45. The topological polar surface area (TPSA) is 110 Å². The molecule has 4 aromatic carbocycles. The molecule has 0 aliphatic heterocycles. The molecule has 0 spiro atoms. The zero-order valence-corrected chi connectivity index (χ0v) is 24.8. The van der Waals surface area contributed by atoms with E-state index in [1.807, 2.05) is 25.1 Å². The Balaban J connectivity index is 0.925. The number of alkyl halides is 3. The molecule has 0 radical (unpaired) electrons. The molecule has 2 heterocycles. The molecule has 0 saturated carbocycles. The van der Waals surface area contributed by atoms with Crippen molar-refractivity contribution in [1.82, 2.24) is 19.9 Å². The number of benzene rings is 4. The summed E-state index contributed by atoms with van der Waals surface area (Å²) in [5, 5.41) is 0. The lowest BCUT2D eigenvalue weighted by molar-refractivity contribution is -0.144. The van der Waals surface area contributed by atoms with Crippen LogP contribution in [-0.2, 0) is 19.0 Å². The standard InChI is InChI=1S/C35H29F3N4O4/c1-21-39-28-13-3-22(17-30(28)40-21)19-32(43)24-5-9-26(10-6-24)45-15-2-16-46-27-11-7-25(8-12-27)33(44)20-23-4-14-29-31(18-23)42-34(41-29)35(36,37)38/h3-14,17-18H,2,15-16,19-20H2,1H3,(H,39,40)(H,41,42). The average Bonchev–Trinajstić information content (AvgIpc) is 3.64. The molecule has 0 fully saturated rings. The van der Waals surface area contributed by atoms with Crippen molar-refractivity contribution >= 4 is 33.6 Å². The number of ketones is 2. The summed E-state index contributed by atoms with van der Waals surface area (Å²) in [6, 6.07) is 24.1. The van der Waals surface area contributed by atoms with Crippen molar-refractivity contribution in [3.8, 4) is 11.5 Å². The van der Waals surface area contributed by atoms with E-state index in [1.54, 1.807) is 54.6 Å². The van der Waals surface area contributed by atoms with Gasteiger partial charge in [0.1, 0.15) is 17.3 Å². The highest BCUT2D eigenvalue weighted by Crippen LogP contribution is 2.29. The smallest absolute Gasteiger partial charge is 0.449 e. The second-order valence-corrected chi connectivity index (χ2v) is 10.9. The van der Waals surface area contributed by atoms with Gasteiger partial charge in [0.05, 0.1) is 35.3 Å². The fourth-order valence-electron chi connectivity index (χ4n) is 5.08. The summed E-state index contributed by atoms with van der Waals surface area (Å²) in [7, 11) is 0. The van der Waals surface area contributed by atoms with Crippen LogP contribution >= 0.6 is 0 Å². The largest absolute Gasteiger partial charge is 0.493 e. The van der Waals surface area contributed by atoms with Crippen molar-refractivity contribution in [2.75, 3.05) is 13.2 Å². The lowest BCUT2D eigenvalue weighted by Gasteiger charge is -2.09. The third-order valence-corrected chi connectivity index (χ3v) is 7.39. The molecule has 8 nitrogen and oxygen atoms in total. The number of hydrogen-bond acceptors (Lipinski definition) is 6. The van der Waals surface area contributed by atoms with Gasteiger partial charge < -0.3 is 19.4 Å². The van der Waals surface area contributed by atoms with Gasteiger partial charge in [-0.25, -0.2) is 9.97 Å². The van der Waals surface area contributed by atoms with Crippen LogP contribution in [0.25, 0.3) is 22.1 Å². The maximum Gasteiger partial charge on any atom is 0.449 e. The quantitative estimate of drug-likeness (QED) is 0.108. The van der Waals surface area contributed by atoms with E-state index in [0.717, 1.165) is 22.4 Å². The molecule has 0 aliphatic carbocycles. The molecule has 0 aliphatic rings. The van der Waals surface area contributed by atoms with Crippen LogP contribution in [0.3, 0.4) is 0 Å². The molecule has 2 N–H and O–H groups in total.